The number of Topliss-reactive ketones (excluding diaryl/α,β-unsaturated/α-hetero) is 1. The third-order valence-corrected chi connectivity index (χ3v) is 5.04. The van der Waals surface area contributed by atoms with Gasteiger partial charge >= 0.3 is 0 Å². The van der Waals surface area contributed by atoms with Gasteiger partial charge in [-0.2, -0.15) is 0 Å². The zero-order valence-corrected chi connectivity index (χ0v) is 17.2. The smallest absolute Gasteiger partial charge is 0.226 e. The second kappa shape index (κ2) is 13.1. The number of hydrogen-bond acceptors (Lipinski definition) is 4. The van der Waals surface area contributed by atoms with Crippen LogP contribution >= 0.6 is 0 Å². The van der Waals surface area contributed by atoms with Crippen molar-refractivity contribution in [1.29, 1.82) is 0 Å². The van der Waals surface area contributed by atoms with E-state index in [9.17, 15) is 19.5 Å². The first kappa shape index (κ1) is 23.8. The van der Waals surface area contributed by atoms with Gasteiger partial charge in [-0.15, -0.1) is 11.8 Å². The Morgan fingerprint density at radius 2 is 2.11 bits per heavy atom. The molecule has 1 unspecified atom stereocenters. The quantitative estimate of drug-likeness (QED) is 0.342. The molecule has 28 heavy (non-hydrogen) atoms. The summed E-state index contributed by atoms with van der Waals surface area (Å²) in [6.45, 7) is 5.08. The highest BCUT2D eigenvalue weighted by Gasteiger charge is 2.32. The third-order valence-electron chi connectivity index (χ3n) is 5.04. The lowest BCUT2D eigenvalue weighted by molar-refractivity contribution is -0.129. The molecule has 1 rings (SSSR count). The fourth-order valence-electron chi connectivity index (χ4n) is 3.30. The van der Waals surface area contributed by atoms with Crippen molar-refractivity contribution in [2.75, 3.05) is 0 Å². The SMILES string of the molecule is CC#CCC(C)[C@H](O)/C=C/[C@H]1CCC(=O)[C@@H]1C/C=C\CCCC(=O)NC(C)=O. The summed E-state index contributed by atoms with van der Waals surface area (Å²) in [6.07, 6.45) is 11.7. The Hall–Kier alpha value is -2.19. The van der Waals surface area contributed by atoms with Crippen LogP contribution in [0.3, 0.4) is 0 Å². The standard InChI is InChI=1S/C23H33NO4/c1-4-5-10-17(2)21(26)15-13-19-14-16-22(27)20(19)11-8-6-7-9-12-23(28)24-18(3)25/h6,8,13,15,17,19-21,26H,7,9-12,14,16H2,1-3H3,(H,24,25,28)/b8-6-,15-13+/t17?,19-,20+,21+/m0/s1. The average molecular weight is 388 g/mol. The molecular weight excluding hydrogens is 354 g/mol. The van der Waals surface area contributed by atoms with Crippen molar-refractivity contribution < 1.29 is 19.5 Å². The zero-order chi connectivity index (χ0) is 20.9. The van der Waals surface area contributed by atoms with Crippen molar-refractivity contribution in [3.63, 3.8) is 0 Å². The van der Waals surface area contributed by atoms with E-state index in [2.05, 4.69) is 17.2 Å². The zero-order valence-electron chi connectivity index (χ0n) is 17.2. The fraction of sp³-hybridized carbons (Fsp3) is 0.609. The van der Waals surface area contributed by atoms with Gasteiger partial charge in [0, 0.05) is 32.1 Å². The second-order valence-corrected chi connectivity index (χ2v) is 7.46. The van der Waals surface area contributed by atoms with Crippen LogP contribution in [0.25, 0.3) is 0 Å². The predicted molar refractivity (Wildman–Crippen MR) is 110 cm³/mol. The molecule has 1 fully saturated rings. The molecule has 0 bridgehead atoms. The van der Waals surface area contributed by atoms with E-state index >= 15 is 0 Å². The molecule has 0 heterocycles. The minimum atomic E-state index is -0.547. The number of nitrogens with one attached hydrogen (secondary N) is 1. The molecule has 4 atom stereocenters. The number of aliphatic hydroxyl groups is 1. The fourth-order valence-corrected chi connectivity index (χ4v) is 3.30. The Kier molecular flexibility index (Phi) is 11.1. The van der Waals surface area contributed by atoms with Crippen LogP contribution in [0.15, 0.2) is 24.3 Å². The third kappa shape index (κ3) is 9.14. The minimum absolute atomic E-state index is 0.0357. The highest BCUT2D eigenvalue weighted by molar-refractivity contribution is 5.93. The van der Waals surface area contributed by atoms with Gasteiger partial charge in [-0.05, 0) is 44.4 Å². The van der Waals surface area contributed by atoms with Crippen molar-refractivity contribution in [3.05, 3.63) is 24.3 Å². The number of rotatable bonds is 10. The lowest BCUT2D eigenvalue weighted by Gasteiger charge is -2.16. The van der Waals surface area contributed by atoms with Crippen LogP contribution in [-0.2, 0) is 14.4 Å². The monoisotopic (exact) mass is 387 g/mol. The number of ketones is 1. The number of unbranched alkanes of at least 4 members (excludes halogenated alkanes) is 1. The molecule has 0 aromatic heterocycles. The van der Waals surface area contributed by atoms with Crippen molar-refractivity contribution in [2.24, 2.45) is 17.8 Å². The van der Waals surface area contributed by atoms with E-state index in [0.29, 0.717) is 32.1 Å². The van der Waals surface area contributed by atoms with E-state index in [1.165, 1.54) is 6.92 Å². The summed E-state index contributed by atoms with van der Waals surface area (Å²) in [4.78, 5) is 34.3. The Labute approximate surface area is 168 Å². The van der Waals surface area contributed by atoms with Crippen LogP contribution < -0.4 is 5.32 Å². The van der Waals surface area contributed by atoms with E-state index in [1.54, 1.807) is 6.92 Å². The van der Waals surface area contributed by atoms with E-state index < -0.39 is 6.10 Å². The van der Waals surface area contributed by atoms with Crippen LogP contribution in [0, 0.1) is 29.6 Å². The summed E-state index contributed by atoms with van der Waals surface area (Å²) >= 11 is 0. The van der Waals surface area contributed by atoms with Gasteiger partial charge in [-0.1, -0.05) is 31.2 Å². The van der Waals surface area contributed by atoms with E-state index in [-0.39, 0.29) is 35.4 Å². The number of allylic oxidation sites excluding steroid dienone is 3. The molecule has 154 valence electrons. The number of carbonyl (C=O) groups is 3. The number of imide groups is 1. The van der Waals surface area contributed by atoms with E-state index in [0.717, 1.165) is 12.8 Å². The van der Waals surface area contributed by atoms with Gasteiger partial charge in [-0.25, -0.2) is 0 Å². The summed E-state index contributed by atoms with van der Waals surface area (Å²) in [5, 5.41) is 12.5. The summed E-state index contributed by atoms with van der Waals surface area (Å²) in [6, 6.07) is 0. The molecule has 0 radical (unpaired) electrons. The van der Waals surface area contributed by atoms with Crippen LogP contribution in [0.5, 0.6) is 0 Å². The first-order valence-electron chi connectivity index (χ1n) is 10.1. The molecule has 2 amide bonds. The van der Waals surface area contributed by atoms with Crippen molar-refractivity contribution in [2.45, 2.75) is 71.8 Å². The number of amides is 2. The maximum absolute atomic E-state index is 12.2. The Bertz CT molecular complexity index is 653. The van der Waals surface area contributed by atoms with Crippen LogP contribution in [-0.4, -0.2) is 28.8 Å². The number of hydrogen-bond donors (Lipinski definition) is 2. The van der Waals surface area contributed by atoms with Gasteiger partial charge in [0.05, 0.1) is 6.10 Å². The predicted octanol–water partition coefficient (Wildman–Crippen LogP) is 3.33. The maximum atomic E-state index is 12.2. The largest absolute Gasteiger partial charge is 0.389 e. The Morgan fingerprint density at radius 3 is 2.79 bits per heavy atom. The number of aliphatic hydroxyl groups excluding tert-OH is 1. The molecule has 0 aromatic carbocycles. The molecule has 1 aliphatic carbocycles. The van der Waals surface area contributed by atoms with Gasteiger partial charge < -0.3 is 5.11 Å². The van der Waals surface area contributed by atoms with Gasteiger partial charge in [0.1, 0.15) is 5.78 Å². The van der Waals surface area contributed by atoms with Gasteiger partial charge in [0.15, 0.2) is 0 Å². The summed E-state index contributed by atoms with van der Waals surface area (Å²) < 4.78 is 0. The molecule has 0 spiro atoms. The lowest BCUT2D eigenvalue weighted by atomic mass is 9.90. The topological polar surface area (TPSA) is 83.5 Å². The second-order valence-electron chi connectivity index (χ2n) is 7.46. The van der Waals surface area contributed by atoms with E-state index in [1.807, 2.05) is 31.2 Å². The van der Waals surface area contributed by atoms with Crippen LogP contribution in [0.2, 0.25) is 0 Å². The summed E-state index contributed by atoms with van der Waals surface area (Å²) in [5.74, 6) is 5.71. The van der Waals surface area contributed by atoms with Gasteiger partial charge in [0.2, 0.25) is 11.8 Å². The first-order chi connectivity index (χ1) is 13.3. The Morgan fingerprint density at radius 1 is 1.36 bits per heavy atom. The summed E-state index contributed by atoms with van der Waals surface area (Å²) in [5.41, 5.74) is 0. The molecule has 0 saturated heterocycles. The van der Waals surface area contributed by atoms with Crippen LogP contribution in [0.1, 0.15) is 65.7 Å². The molecular formula is C23H33NO4. The van der Waals surface area contributed by atoms with Gasteiger partial charge in [0.25, 0.3) is 0 Å². The highest BCUT2D eigenvalue weighted by atomic mass is 16.3. The molecule has 0 aromatic rings. The molecule has 5 heteroatoms. The maximum Gasteiger partial charge on any atom is 0.226 e. The molecule has 1 aliphatic rings. The van der Waals surface area contributed by atoms with Crippen LogP contribution in [0.4, 0.5) is 0 Å². The van der Waals surface area contributed by atoms with Crippen molar-refractivity contribution in [3.8, 4) is 11.8 Å². The first-order valence-corrected chi connectivity index (χ1v) is 10.1. The normalized spacial score (nSPS) is 21.5. The molecule has 2 N–H and O–H groups in total. The average Bonchev–Trinajstić information content (AvgIpc) is 2.99. The molecule has 5 nitrogen and oxygen atoms in total. The minimum Gasteiger partial charge on any atom is -0.389 e. The van der Waals surface area contributed by atoms with E-state index in [4.69, 9.17) is 0 Å². The van der Waals surface area contributed by atoms with Crippen molar-refractivity contribution >= 4 is 17.6 Å². The highest BCUT2D eigenvalue weighted by Crippen LogP contribution is 2.33. The van der Waals surface area contributed by atoms with Gasteiger partial charge in [-0.3, -0.25) is 19.7 Å². The lowest BCUT2D eigenvalue weighted by Crippen LogP contribution is -2.27. The number of carbonyl (C=O) groups excluding carboxylic acids is 3. The summed E-state index contributed by atoms with van der Waals surface area (Å²) in [7, 11) is 0. The van der Waals surface area contributed by atoms with Crippen molar-refractivity contribution in [1.82, 2.24) is 5.32 Å². The molecule has 1 saturated carbocycles. The Balaban J connectivity index is 2.42. The molecule has 0 aliphatic heterocycles.